The number of nitriles is 1. The molecule has 8 heteroatoms. The zero-order chi connectivity index (χ0) is 16.5. The average molecular weight is 302 g/mol. The number of rotatable bonds is 4. The first-order chi connectivity index (χ1) is 10.3. The lowest BCUT2D eigenvalue weighted by Crippen LogP contribution is -2.41. The van der Waals surface area contributed by atoms with E-state index in [0.29, 0.717) is 5.56 Å². The number of benzene rings is 1. The minimum Gasteiger partial charge on any atom is -0.319 e. The molecule has 0 aromatic heterocycles. The van der Waals surface area contributed by atoms with Crippen molar-refractivity contribution in [1.29, 1.82) is 5.26 Å². The summed E-state index contributed by atoms with van der Waals surface area (Å²) in [7, 11) is 0. The van der Waals surface area contributed by atoms with Crippen LogP contribution in [-0.2, 0) is 10.3 Å². The van der Waals surface area contributed by atoms with Gasteiger partial charge in [-0.25, -0.2) is 4.79 Å². The molecule has 0 radical (unpaired) electrons. The Kier molecular flexibility index (Phi) is 3.82. The molecule has 1 aliphatic heterocycles. The van der Waals surface area contributed by atoms with Gasteiger partial charge in [0.1, 0.15) is 5.54 Å². The number of hydrogen-bond donors (Lipinski definition) is 1. The minimum absolute atomic E-state index is 0.00371. The Hall–Kier alpha value is -2.95. The van der Waals surface area contributed by atoms with Crippen LogP contribution in [-0.4, -0.2) is 28.3 Å². The topological polar surface area (TPSA) is 116 Å². The zero-order valence-corrected chi connectivity index (χ0v) is 12.1. The van der Waals surface area contributed by atoms with Gasteiger partial charge in [-0.2, -0.15) is 5.26 Å². The molecule has 2 rings (SSSR count). The molecule has 1 aromatic rings. The van der Waals surface area contributed by atoms with E-state index in [-0.39, 0.29) is 12.2 Å². The molecule has 1 heterocycles. The number of urea groups is 1. The number of imide groups is 1. The van der Waals surface area contributed by atoms with Crippen LogP contribution >= 0.6 is 0 Å². The van der Waals surface area contributed by atoms with Gasteiger partial charge in [0.15, 0.2) is 0 Å². The van der Waals surface area contributed by atoms with Crippen molar-refractivity contribution >= 4 is 17.6 Å². The molecule has 3 amide bonds. The van der Waals surface area contributed by atoms with Crippen LogP contribution in [0.15, 0.2) is 24.3 Å². The Morgan fingerprint density at radius 2 is 2.00 bits per heavy atom. The number of nitro groups is 1. The molecule has 0 unspecified atom stereocenters. The van der Waals surface area contributed by atoms with E-state index in [2.05, 4.69) is 5.32 Å². The van der Waals surface area contributed by atoms with Crippen LogP contribution in [0, 0.1) is 27.4 Å². The van der Waals surface area contributed by atoms with E-state index < -0.39 is 28.3 Å². The third kappa shape index (κ3) is 2.48. The molecule has 1 saturated heterocycles. The molecule has 1 fully saturated rings. The van der Waals surface area contributed by atoms with Crippen LogP contribution in [0.4, 0.5) is 10.5 Å². The number of amides is 3. The van der Waals surface area contributed by atoms with E-state index in [4.69, 9.17) is 5.26 Å². The number of hydrogen-bond acceptors (Lipinski definition) is 5. The summed E-state index contributed by atoms with van der Waals surface area (Å²) in [6.45, 7) is 3.15. The van der Waals surface area contributed by atoms with Gasteiger partial charge in [0.2, 0.25) is 0 Å². The maximum Gasteiger partial charge on any atom is 0.325 e. The van der Waals surface area contributed by atoms with E-state index in [1.165, 1.54) is 31.2 Å². The van der Waals surface area contributed by atoms with Crippen LogP contribution in [0.2, 0.25) is 0 Å². The van der Waals surface area contributed by atoms with Gasteiger partial charge < -0.3 is 5.32 Å². The summed E-state index contributed by atoms with van der Waals surface area (Å²) in [4.78, 5) is 35.6. The molecule has 22 heavy (non-hydrogen) atoms. The number of nitrogens with one attached hydrogen (secondary N) is 1. The number of non-ortho nitro benzene ring substituents is 1. The second kappa shape index (κ2) is 5.44. The molecule has 0 aliphatic carbocycles. The standard InChI is InChI=1S/C14H14N4O4/c1-9(7-15)8-17-12(19)14(2,16-13(17)20)10-3-5-11(6-4-10)18(21)22/h3-6,9H,8H2,1-2H3,(H,16,20)/t9-,14+/m1/s1. The fraction of sp³-hybridized carbons (Fsp3) is 0.357. The summed E-state index contributed by atoms with van der Waals surface area (Å²) in [6, 6.07) is 6.83. The SMILES string of the molecule is C[C@H](C#N)CN1C(=O)N[C@@](C)(c2ccc([N+](=O)[O-])cc2)C1=O. The van der Waals surface area contributed by atoms with E-state index in [0.717, 1.165) is 4.90 Å². The summed E-state index contributed by atoms with van der Waals surface area (Å²) >= 11 is 0. The number of carbonyl (C=O) groups excluding carboxylic acids is 2. The predicted molar refractivity (Wildman–Crippen MR) is 75.5 cm³/mol. The Morgan fingerprint density at radius 1 is 1.41 bits per heavy atom. The first-order valence-electron chi connectivity index (χ1n) is 6.58. The quantitative estimate of drug-likeness (QED) is 0.514. The predicted octanol–water partition coefficient (Wildman–Crippen LogP) is 1.52. The van der Waals surface area contributed by atoms with Gasteiger partial charge in [-0.3, -0.25) is 19.8 Å². The highest BCUT2D eigenvalue weighted by Crippen LogP contribution is 2.30. The summed E-state index contributed by atoms with van der Waals surface area (Å²) in [5.74, 6) is -0.956. The molecule has 1 aromatic carbocycles. The molecule has 0 bridgehead atoms. The average Bonchev–Trinajstić information content (AvgIpc) is 2.71. The highest BCUT2D eigenvalue weighted by atomic mass is 16.6. The van der Waals surface area contributed by atoms with Crippen molar-refractivity contribution in [3.05, 3.63) is 39.9 Å². The lowest BCUT2D eigenvalue weighted by atomic mass is 9.92. The zero-order valence-electron chi connectivity index (χ0n) is 12.1. The summed E-state index contributed by atoms with van der Waals surface area (Å²) in [6.07, 6.45) is 0. The van der Waals surface area contributed by atoms with Crippen molar-refractivity contribution in [1.82, 2.24) is 10.2 Å². The van der Waals surface area contributed by atoms with Gasteiger partial charge in [0.05, 0.1) is 16.9 Å². The molecule has 2 atom stereocenters. The first-order valence-corrected chi connectivity index (χ1v) is 6.58. The van der Waals surface area contributed by atoms with Gasteiger partial charge in [0.25, 0.3) is 11.6 Å². The van der Waals surface area contributed by atoms with Gasteiger partial charge in [-0.15, -0.1) is 0 Å². The second-order valence-electron chi connectivity index (χ2n) is 5.31. The highest BCUT2D eigenvalue weighted by Gasteiger charge is 2.49. The van der Waals surface area contributed by atoms with Crippen molar-refractivity contribution in [2.45, 2.75) is 19.4 Å². The number of nitrogens with zero attached hydrogens (tertiary/aromatic N) is 3. The molecular weight excluding hydrogens is 288 g/mol. The molecular formula is C14H14N4O4. The number of nitro benzene ring substituents is 1. The third-order valence-electron chi connectivity index (χ3n) is 3.61. The van der Waals surface area contributed by atoms with Crippen LogP contribution in [0.5, 0.6) is 0 Å². The van der Waals surface area contributed by atoms with Crippen LogP contribution in [0.3, 0.4) is 0 Å². The fourth-order valence-electron chi connectivity index (χ4n) is 2.29. The summed E-state index contributed by atoms with van der Waals surface area (Å²) in [5, 5.41) is 22.1. The molecule has 8 nitrogen and oxygen atoms in total. The molecule has 1 aliphatic rings. The van der Waals surface area contributed by atoms with Gasteiger partial charge in [-0.05, 0) is 31.5 Å². The van der Waals surface area contributed by atoms with Gasteiger partial charge in [0, 0.05) is 18.7 Å². The summed E-state index contributed by atoms with van der Waals surface area (Å²) < 4.78 is 0. The van der Waals surface area contributed by atoms with E-state index in [1.54, 1.807) is 6.92 Å². The summed E-state index contributed by atoms with van der Waals surface area (Å²) in [5.41, 5.74) is -0.941. The maximum absolute atomic E-state index is 12.5. The van der Waals surface area contributed by atoms with Crippen LogP contribution in [0.1, 0.15) is 19.4 Å². The lowest BCUT2D eigenvalue weighted by Gasteiger charge is -2.22. The van der Waals surface area contributed by atoms with E-state index >= 15 is 0 Å². The van der Waals surface area contributed by atoms with Crippen molar-refractivity contribution in [3.63, 3.8) is 0 Å². The Balaban J connectivity index is 2.31. The van der Waals surface area contributed by atoms with Crippen molar-refractivity contribution in [2.24, 2.45) is 5.92 Å². The normalized spacial score (nSPS) is 22.1. The smallest absolute Gasteiger partial charge is 0.319 e. The Morgan fingerprint density at radius 3 is 2.50 bits per heavy atom. The highest BCUT2D eigenvalue weighted by molar-refractivity contribution is 6.07. The molecule has 0 spiro atoms. The minimum atomic E-state index is -1.29. The molecule has 0 saturated carbocycles. The van der Waals surface area contributed by atoms with Crippen molar-refractivity contribution in [2.75, 3.05) is 6.54 Å². The van der Waals surface area contributed by atoms with Crippen LogP contribution < -0.4 is 5.32 Å². The molecule has 114 valence electrons. The fourth-order valence-corrected chi connectivity index (χ4v) is 2.29. The Labute approximate surface area is 126 Å². The first kappa shape index (κ1) is 15.4. The van der Waals surface area contributed by atoms with E-state index in [1.807, 2.05) is 6.07 Å². The van der Waals surface area contributed by atoms with Crippen molar-refractivity contribution in [3.8, 4) is 6.07 Å². The van der Waals surface area contributed by atoms with Crippen molar-refractivity contribution < 1.29 is 14.5 Å². The Bertz CT molecular complexity index is 679. The monoisotopic (exact) mass is 302 g/mol. The number of carbonyl (C=O) groups is 2. The largest absolute Gasteiger partial charge is 0.325 e. The van der Waals surface area contributed by atoms with E-state index in [9.17, 15) is 19.7 Å². The van der Waals surface area contributed by atoms with Gasteiger partial charge >= 0.3 is 6.03 Å². The second-order valence-corrected chi connectivity index (χ2v) is 5.31. The maximum atomic E-state index is 12.5. The molecule has 1 N–H and O–H groups in total. The van der Waals surface area contributed by atoms with Crippen LogP contribution in [0.25, 0.3) is 0 Å². The van der Waals surface area contributed by atoms with Gasteiger partial charge in [-0.1, -0.05) is 0 Å². The third-order valence-corrected chi connectivity index (χ3v) is 3.61. The lowest BCUT2D eigenvalue weighted by molar-refractivity contribution is -0.384.